The molecule has 1 amide bonds. The van der Waals surface area contributed by atoms with Crippen molar-refractivity contribution in [1.82, 2.24) is 20.1 Å². The topological polar surface area (TPSA) is 82.2 Å². The summed E-state index contributed by atoms with van der Waals surface area (Å²) in [4.78, 5) is 17.2. The van der Waals surface area contributed by atoms with Gasteiger partial charge in [-0.05, 0) is 49.8 Å². The van der Waals surface area contributed by atoms with Crippen molar-refractivity contribution < 1.29 is 13.9 Å². The van der Waals surface area contributed by atoms with Gasteiger partial charge in [-0.15, -0.1) is 0 Å². The van der Waals surface area contributed by atoms with Gasteiger partial charge in [0.05, 0.1) is 18.3 Å². The van der Waals surface area contributed by atoms with Crippen LogP contribution < -0.4 is 5.32 Å². The average molecular weight is 421 g/mol. The minimum absolute atomic E-state index is 0.108. The Hall–Kier alpha value is -2.93. The molecule has 0 bridgehead atoms. The summed E-state index contributed by atoms with van der Waals surface area (Å²) >= 11 is 0. The standard InChI is InChI=1S/C24H28N4O3/c1-3-18-8-6-16(11-25-18)13-28-14-17-7-9-20-21(22(17)27-28)15(2)23(31-20)24(29)26-12-19-5-4-10-30-19/h6,8,11,14,19H,3-5,7,9-10,12-13H2,1-2H3,(H,26,29)/t19-/m0/s1. The second-order valence-corrected chi connectivity index (χ2v) is 8.41. The number of hydrogen-bond donors (Lipinski definition) is 1. The minimum Gasteiger partial charge on any atom is -0.455 e. The molecule has 1 N–H and O–H groups in total. The molecule has 0 radical (unpaired) electrons. The molecule has 3 aromatic rings. The number of amides is 1. The molecule has 31 heavy (non-hydrogen) atoms. The lowest BCUT2D eigenvalue weighted by Crippen LogP contribution is -2.31. The van der Waals surface area contributed by atoms with Gasteiger partial charge in [-0.1, -0.05) is 13.0 Å². The van der Waals surface area contributed by atoms with E-state index in [0.717, 1.165) is 72.5 Å². The van der Waals surface area contributed by atoms with E-state index in [-0.39, 0.29) is 12.0 Å². The van der Waals surface area contributed by atoms with Gasteiger partial charge in [-0.25, -0.2) is 0 Å². The van der Waals surface area contributed by atoms with Crippen molar-refractivity contribution in [2.45, 2.75) is 58.6 Å². The van der Waals surface area contributed by atoms with Crippen LogP contribution in [0.2, 0.25) is 0 Å². The fourth-order valence-corrected chi connectivity index (χ4v) is 4.50. The molecule has 7 heteroatoms. The first-order valence-electron chi connectivity index (χ1n) is 11.1. The van der Waals surface area contributed by atoms with Crippen LogP contribution in [0.3, 0.4) is 0 Å². The Morgan fingerprint density at radius 1 is 1.32 bits per heavy atom. The van der Waals surface area contributed by atoms with Crippen LogP contribution in [0.25, 0.3) is 11.3 Å². The maximum atomic E-state index is 12.8. The van der Waals surface area contributed by atoms with Crippen LogP contribution in [0.15, 0.2) is 28.9 Å². The van der Waals surface area contributed by atoms with E-state index in [9.17, 15) is 4.79 Å². The Bertz CT molecular complexity index is 1090. The smallest absolute Gasteiger partial charge is 0.287 e. The fraction of sp³-hybridized carbons (Fsp3) is 0.458. The molecule has 0 saturated carbocycles. The minimum atomic E-state index is -0.175. The van der Waals surface area contributed by atoms with Crippen molar-refractivity contribution in [3.63, 3.8) is 0 Å². The van der Waals surface area contributed by atoms with Crippen molar-refractivity contribution >= 4 is 5.91 Å². The average Bonchev–Trinajstić information content (AvgIpc) is 3.51. The summed E-state index contributed by atoms with van der Waals surface area (Å²) < 4.78 is 13.6. The summed E-state index contributed by atoms with van der Waals surface area (Å²) in [6.45, 7) is 6.02. The molecular formula is C24H28N4O3. The van der Waals surface area contributed by atoms with E-state index in [1.165, 1.54) is 5.56 Å². The van der Waals surface area contributed by atoms with E-state index in [4.69, 9.17) is 14.3 Å². The maximum absolute atomic E-state index is 12.8. The second kappa shape index (κ2) is 8.30. The van der Waals surface area contributed by atoms with Crippen LogP contribution in [0, 0.1) is 6.92 Å². The lowest BCUT2D eigenvalue weighted by Gasteiger charge is -2.10. The first kappa shape index (κ1) is 20.0. The third-order valence-corrected chi connectivity index (χ3v) is 6.23. The van der Waals surface area contributed by atoms with Gasteiger partial charge in [0.15, 0.2) is 5.76 Å². The Morgan fingerprint density at radius 3 is 2.97 bits per heavy atom. The number of nitrogens with one attached hydrogen (secondary N) is 1. The summed E-state index contributed by atoms with van der Waals surface area (Å²) in [5.41, 5.74) is 6.17. The number of rotatable bonds is 6. The van der Waals surface area contributed by atoms with Crippen molar-refractivity contribution in [2.75, 3.05) is 13.2 Å². The van der Waals surface area contributed by atoms with Crippen molar-refractivity contribution in [3.05, 3.63) is 58.4 Å². The predicted octanol–water partition coefficient (Wildman–Crippen LogP) is 3.46. The molecule has 1 saturated heterocycles. The van der Waals surface area contributed by atoms with Crippen molar-refractivity contribution in [1.29, 1.82) is 0 Å². The van der Waals surface area contributed by atoms with E-state index in [0.29, 0.717) is 18.8 Å². The SMILES string of the molecule is CCc1ccc(Cn2cc3c(n2)-c2c(oc(C(=O)NC[C@@H]4CCCO4)c2C)CC3)cn1. The molecule has 162 valence electrons. The number of nitrogens with zero attached hydrogens (tertiary/aromatic N) is 3. The van der Waals surface area contributed by atoms with Gasteiger partial charge >= 0.3 is 0 Å². The molecule has 4 heterocycles. The van der Waals surface area contributed by atoms with E-state index < -0.39 is 0 Å². The van der Waals surface area contributed by atoms with Crippen molar-refractivity contribution in [3.8, 4) is 11.3 Å². The molecule has 3 aromatic heterocycles. The van der Waals surface area contributed by atoms with Crippen molar-refractivity contribution in [2.24, 2.45) is 0 Å². The number of fused-ring (bicyclic) bond motifs is 3. The third kappa shape index (κ3) is 3.90. The molecule has 0 aromatic carbocycles. The molecule has 0 unspecified atom stereocenters. The highest BCUT2D eigenvalue weighted by Crippen LogP contribution is 2.38. The Labute approximate surface area is 181 Å². The second-order valence-electron chi connectivity index (χ2n) is 8.41. The first-order chi connectivity index (χ1) is 15.1. The van der Waals surface area contributed by atoms with Crippen LogP contribution in [0.1, 0.15) is 58.5 Å². The zero-order chi connectivity index (χ0) is 21.4. The molecule has 5 rings (SSSR count). The van der Waals surface area contributed by atoms with E-state index >= 15 is 0 Å². The summed E-state index contributed by atoms with van der Waals surface area (Å²) in [6.07, 6.45) is 8.75. The number of carbonyl (C=O) groups excluding carboxylic acids is 1. The van der Waals surface area contributed by atoms with Gasteiger partial charge < -0.3 is 14.5 Å². The van der Waals surface area contributed by atoms with E-state index in [1.54, 1.807) is 0 Å². The lowest BCUT2D eigenvalue weighted by atomic mass is 9.93. The number of ether oxygens (including phenoxy) is 1. The number of hydrogen-bond acceptors (Lipinski definition) is 5. The van der Waals surface area contributed by atoms with Gasteiger partial charge in [0.2, 0.25) is 0 Å². The molecule has 1 aliphatic carbocycles. The van der Waals surface area contributed by atoms with Crippen LogP contribution in [0.5, 0.6) is 0 Å². The van der Waals surface area contributed by atoms with Gasteiger partial charge in [-0.3, -0.25) is 14.5 Å². The molecule has 1 atom stereocenters. The van der Waals surface area contributed by atoms with Crippen LogP contribution >= 0.6 is 0 Å². The van der Waals surface area contributed by atoms with Gasteiger partial charge in [0, 0.05) is 48.8 Å². The van der Waals surface area contributed by atoms with Crippen LogP contribution in [0.4, 0.5) is 0 Å². The Kier molecular flexibility index (Phi) is 5.36. The Morgan fingerprint density at radius 2 is 2.23 bits per heavy atom. The number of aromatic nitrogens is 3. The fourth-order valence-electron chi connectivity index (χ4n) is 4.50. The third-order valence-electron chi connectivity index (χ3n) is 6.23. The predicted molar refractivity (Wildman–Crippen MR) is 116 cm³/mol. The number of aryl methyl sites for hydroxylation is 3. The number of pyridine rings is 1. The first-order valence-corrected chi connectivity index (χ1v) is 11.1. The normalized spacial score (nSPS) is 17.4. The summed E-state index contributed by atoms with van der Waals surface area (Å²) in [6, 6.07) is 4.18. The largest absolute Gasteiger partial charge is 0.455 e. The van der Waals surface area contributed by atoms with Gasteiger partial charge in [-0.2, -0.15) is 5.10 Å². The molecule has 1 aliphatic heterocycles. The molecular weight excluding hydrogens is 392 g/mol. The summed E-state index contributed by atoms with van der Waals surface area (Å²) in [7, 11) is 0. The van der Waals surface area contributed by atoms with Gasteiger partial charge in [0.25, 0.3) is 5.91 Å². The zero-order valence-corrected chi connectivity index (χ0v) is 18.1. The van der Waals surface area contributed by atoms with E-state index in [1.807, 2.05) is 17.8 Å². The van der Waals surface area contributed by atoms with Crippen LogP contribution in [-0.2, 0) is 30.5 Å². The van der Waals surface area contributed by atoms with Gasteiger partial charge in [0.1, 0.15) is 5.76 Å². The van der Waals surface area contributed by atoms with E-state index in [2.05, 4.69) is 35.6 Å². The molecule has 7 nitrogen and oxygen atoms in total. The summed E-state index contributed by atoms with van der Waals surface area (Å²) in [5, 5.41) is 7.82. The highest BCUT2D eigenvalue weighted by Gasteiger charge is 2.30. The van der Waals surface area contributed by atoms with Crippen LogP contribution in [-0.4, -0.2) is 39.9 Å². The number of carbonyl (C=O) groups is 1. The lowest BCUT2D eigenvalue weighted by molar-refractivity contribution is 0.0833. The maximum Gasteiger partial charge on any atom is 0.287 e. The monoisotopic (exact) mass is 420 g/mol. The Balaban J connectivity index is 1.36. The number of furan rings is 1. The quantitative estimate of drug-likeness (QED) is 0.660. The highest BCUT2D eigenvalue weighted by atomic mass is 16.5. The highest BCUT2D eigenvalue weighted by molar-refractivity contribution is 5.95. The zero-order valence-electron chi connectivity index (χ0n) is 18.1. The molecule has 1 fully saturated rings. The molecule has 2 aliphatic rings. The summed E-state index contributed by atoms with van der Waals surface area (Å²) in [5.74, 6) is 1.07. The molecule has 0 spiro atoms.